The molecule has 0 bridgehead atoms. The molecule has 0 aliphatic carbocycles. The molecule has 0 fully saturated rings. The molecular weight excluding hydrogens is 484 g/mol. The van der Waals surface area contributed by atoms with Crippen LogP contribution in [0.15, 0.2) is 83.8 Å². The minimum atomic E-state index is -0.298. The Kier molecular flexibility index (Phi) is 7.03. The first-order valence-electron chi connectivity index (χ1n) is 11.8. The van der Waals surface area contributed by atoms with E-state index in [2.05, 4.69) is 25.8 Å². The molecule has 0 saturated carbocycles. The van der Waals surface area contributed by atoms with Crippen molar-refractivity contribution in [1.29, 1.82) is 0 Å². The van der Waals surface area contributed by atoms with E-state index in [1.54, 1.807) is 32.7 Å². The van der Waals surface area contributed by atoms with Crippen LogP contribution in [0.3, 0.4) is 0 Å². The van der Waals surface area contributed by atoms with Gasteiger partial charge in [0.2, 0.25) is 5.82 Å². The van der Waals surface area contributed by atoms with E-state index in [1.807, 2.05) is 72.3 Å². The van der Waals surface area contributed by atoms with Crippen molar-refractivity contribution in [3.63, 3.8) is 0 Å². The molecule has 0 unspecified atom stereocenters. The van der Waals surface area contributed by atoms with E-state index in [9.17, 15) is 4.79 Å². The first-order valence-corrected chi connectivity index (χ1v) is 11.8. The van der Waals surface area contributed by atoms with E-state index in [4.69, 9.17) is 14.0 Å². The second-order valence-corrected chi connectivity index (χ2v) is 8.57. The number of anilines is 2. The van der Waals surface area contributed by atoms with Gasteiger partial charge in [-0.05, 0) is 55.0 Å². The van der Waals surface area contributed by atoms with Crippen molar-refractivity contribution in [2.45, 2.75) is 13.5 Å². The summed E-state index contributed by atoms with van der Waals surface area (Å²) >= 11 is 0. The lowest BCUT2D eigenvalue weighted by atomic mass is 10.2. The maximum atomic E-state index is 12.3. The van der Waals surface area contributed by atoms with Crippen LogP contribution in [0.1, 0.15) is 11.1 Å². The average Bonchev–Trinajstić information content (AvgIpc) is 3.61. The molecular formula is C28H26N6O4. The van der Waals surface area contributed by atoms with Crippen molar-refractivity contribution < 1.29 is 18.8 Å². The molecule has 5 rings (SSSR count). The second kappa shape index (κ2) is 10.9. The summed E-state index contributed by atoms with van der Waals surface area (Å²) in [4.78, 5) is 21.2. The molecule has 0 radical (unpaired) electrons. The number of ether oxygens (including phenoxy) is 2. The monoisotopic (exact) mass is 510 g/mol. The highest BCUT2D eigenvalue weighted by Gasteiger charge is 2.15. The number of benzene rings is 3. The Morgan fingerprint density at radius 2 is 1.61 bits per heavy atom. The first kappa shape index (κ1) is 24.6. The van der Waals surface area contributed by atoms with Crippen molar-refractivity contribution in [1.82, 2.24) is 19.7 Å². The lowest BCUT2D eigenvalue weighted by Gasteiger charge is -2.09. The summed E-state index contributed by atoms with van der Waals surface area (Å²) in [6.45, 7) is 2.58. The van der Waals surface area contributed by atoms with Crippen molar-refractivity contribution >= 4 is 17.4 Å². The van der Waals surface area contributed by atoms with Gasteiger partial charge in [-0.3, -0.25) is 0 Å². The van der Waals surface area contributed by atoms with Crippen molar-refractivity contribution in [2.75, 3.05) is 24.9 Å². The molecule has 192 valence electrons. The zero-order chi connectivity index (χ0) is 26.5. The fourth-order valence-electron chi connectivity index (χ4n) is 3.81. The van der Waals surface area contributed by atoms with E-state index in [0.29, 0.717) is 41.1 Å². The van der Waals surface area contributed by atoms with Crippen LogP contribution in [0.2, 0.25) is 0 Å². The number of aromatic nitrogens is 4. The van der Waals surface area contributed by atoms with E-state index in [-0.39, 0.29) is 6.03 Å². The molecule has 2 N–H and O–H groups in total. The van der Waals surface area contributed by atoms with E-state index < -0.39 is 0 Å². The number of hydrogen-bond donors (Lipinski definition) is 2. The predicted octanol–water partition coefficient (Wildman–Crippen LogP) is 5.62. The van der Waals surface area contributed by atoms with Crippen LogP contribution in [0.25, 0.3) is 23.0 Å². The van der Waals surface area contributed by atoms with Crippen molar-refractivity contribution in [2.24, 2.45) is 0 Å². The minimum absolute atomic E-state index is 0.298. The molecule has 5 aromatic rings. The number of aryl methyl sites for hydroxylation is 1. The van der Waals surface area contributed by atoms with E-state index in [0.717, 1.165) is 22.4 Å². The van der Waals surface area contributed by atoms with Gasteiger partial charge < -0.3 is 29.2 Å². The van der Waals surface area contributed by atoms with Gasteiger partial charge in [-0.25, -0.2) is 9.78 Å². The zero-order valence-corrected chi connectivity index (χ0v) is 21.1. The molecule has 0 aliphatic rings. The SMILES string of the molecule is COc1ccc(-c2noc(-c3cn(Cc4ccc(NC(=O)Nc5ccc(C)cc5)cc4)cn3)n2)cc1OC. The standard InChI is InChI=1S/C28H26N6O4/c1-18-4-9-21(10-5-18)30-28(35)31-22-11-6-19(7-12-22)15-34-16-23(29-17-34)27-32-26(33-38-27)20-8-13-24(36-2)25(14-20)37-3/h4-14,16-17H,15H2,1-3H3,(H2,30,31,35). The number of amides is 2. The van der Waals surface area contributed by atoms with Gasteiger partial charge in [-0.2, -0.15) is 4.98 Å². The Morgan fingerprint density at radius 3 is 2.29 bits per heavy atom. The maximum Gasteiger partial charge on any atom is 0.323 e. The Labute approximate surface area is 219 Å². The number of hydrogen-bond acceptors (Lipinski definition) is 7. The summed E-state index contributed by atoms with van der Waals surface area (Å²) in [5.74, 6) is 1.93. The summed E-state index contributed by atoms with van der Waals surface area (Å²) in [5.41, 5.74) is 4.90. The van der Waals surface area contributed by atoms with Crippen molar-refractivity contribution in [3.8, 4) is 34.5 Å². The fourth-order valence-corrected chi connectivity index (χ4v) is 3.81. The largest absolute Gasteiger partial charge is 0.493 e. The molecule has 2 aromatic heterocycles. The lowest BCUT2D eigenvalue weighted by Crippen LogP contribution is -2.19. The zero-order valence-electron chi connectivity index (χ0n) is 21.1. The average molecular weight is 511 g/mol. The van der Waals surface area contributed by atoms with Gasteiger partial charge in [0.15, 0.2) is 11.5 Å². The molecule has 0 atom stereocenters. The van der Waals surface area contributed by atoms with Gasteiger partial charge in [-0.15, -0.1) is 0 Å². The number of imidazole rings is 1. The summed E-state index contributed by atoms with van der Waals surface area (Å²) in [6.07, 6.45) is 3.55. The predicted molar refractivity (Wildman–Crippen MR) is 143 cm³/mol. The van der Waals surface area contributed by atoms with Crippen LogP contribution in [0.4, 0.5) is 16.2 Å². The lowest BCUT2D eigenvalue weighted by molar-refractivity contribution is 0.262. The third-order valence-electron chi connectivity index (χ3n) is 5.81. The highest BCUT2D eigenvalue weighted by atomic mass is 16.5. The molecule has 3 aromatic carbocycles. The number of carbonyl (C=O) groups is 1. The molecule has 10 heteroatoms. The van der Waals surface area contributed by atoms with Gasteiger partial charge in [0.25, 0.3) is 5.89 Å². The van der Waals surface area contributed by atoms with Crippen LogP contribution in [0, 0.1) is 6.92 Å². The third-order valence-corrected chi connectivity index (χ3v) is 5.81. The molecule has 0 saturated heterocycles. The highest BCUT2D eigenvalue weighted by Crippen LogP contribution is 2.31. The second-order valence-electron chi connectivity index (χ2n) is 8.57. The maximum absolute atomic E-state index is 12.3. The molecule has 10 nitrogen and oxygen atoms in total. The summed E-state index contributed by atoms with van der Waals surface area (Å²) < 4.78 is 18.0. The molecule has 2 heterocycles. The van der Waals surface area contributed by atoms with Crippen LogP contribution in [-0.4, -0.2) is 39.9 Å². The Balaban J connectivity index is 1.20. The van der Waals surface area contributed by atoms with E-state index in [1.165, 1.54) is 0 Å². The van der Waals surface area contributed by atoms with Crippen LogP contribution >= 0.6 is 0 Å². The highest BCUT2D eigenvalue weighted by molar-refractivity contribution is 5.99. The van der Waals surface area contributed by atoms with Crippen molar-refractivity contribution in [3.05, 3.63) is 90.4 Å². The molecule has 0 aliphatic heterocycles. The van der Waals surface area contributed by atoms with Crippen LogP contribution in [-0.2, 0) is 6.54 Å². The number of nitrogens with zero attached hydrogens (tertiary/aromatic N) is 4. The number of nitrogens with one attached hydrogen (secondary N) is 2. The summed E-state index contributed by atoms with van der Waals surface area (Å²) in [7, 11) is 3.15. The summed E-state index contributed by atoms with van der Waals surface area (Å²) in [5, 5.41) is 9.74. The quantitative estimate of drug-likeness (QED) is 0.278. The number of methoxy groups -OCH3 is 2. The number of carbonyl (C=O) groups excluding carboxylic acids is 1. The van der Waals surface area contributed by atoms with Crippen LogP contribution in [0.5, 0.6) is 11.5 Å². The molecule has 0 spiro atoms. The van der Waals surface area contributed by atoms with E-state index >= 15 is 0 Å². The Morgan fingerprint density at radius 1 is 0.921 bits per heavy atom. The topological polar surface area (TPSA) is 116 Å². The fraction of sp³-hybridized carbons (Fsp3) is 0.143. The van der Waals surface area contributed by atoms with Gasteiger partial charge >= 0.3 is 6.03 Å². The van der Waals surface area contributed by atoms with Gasteiger partial charge in [0.05, 0.1) is 20.5 Å². The normalized spacial score (nSPS) is 10.7. The Hall–Kier alpha value is -5.12. The Bertz CT molecular complexity index is 1540. The van der Waals surface area contributed by atoms with Gasteiger partial charge in [-0.1, -0.05) is 35.0 Å². The molecule has 2 amide bonds. The van der Waals surface area contributed by atoms with Gasteiger partial charge in [0, 0.05) is 29.7 Å². The summed E-state index contributed by atoms with van der Waals surface area (Å²) in [6, 6.07) is 20.3. The smallest absolute Gasteiger partial charge is 0.323 e. The molecule has 38 heavy (non-hydrogen) atoms. The number of urea groups is 1. The number of rotatable bonds is 8. The minimum Gasteiger partial charge on any atom is -0.493 e. The van der Waals surface area contributed by atoms with Crippen LogP contribution < -0.4 is 20.1 Å². The third kappa shape index (κ3) is 5.65. The van der Waals surface area contributed by atoms with Gasteiger partial charge in [0.1, 0.15) is 5.69 Å². The first-order chi connectivity index (χ1) is 18.5.